The number of hydrogen-bond acceptors (Lipinski definition) is 5. The van der Waals surface area contributed by atoms with Crippen molar-refractivity contribution >= 4 is 17.3 Å². The summed E-state index contributed by atoms with van der Waals surface area (Å²) in [5.41, 5.74) is 2.52. The van der Waals surface area contributed by atoms with Crippen molar-refractivity contribution in [2.45, 2.75) is 51.4 Å². The highest BCUT2D eigenvalue weighted by Crippen LogP contribution is 2.63. The average molecular weight is 417 g/mol. The molecule has 1 N–H and O–H groups in total. The van der Waals surface area contributed by atoms with Gasteiger partial charge in [-0.3, -0.25) is 0 Å². The Labute approximate surface area is 182 Å². The molecule has 0 saturated heterocycles. The van der Waals surface area contributed by atoms with Crippen molar-refractivity contribution in [1.29, 1.82) is 0 Å². The second-order valence-electron chi connectivity index (χ2n) is 9.13. The van der Waals surface area contributed by atoms with Crippen LogP contribution < -0.4 is 10.1 Å². The summed E-state index contributed by atoms with van der Waals surface area (Å²) in [6.07, 6.45) is 13.9. The zero-order valence-corrected chi connectivity index (χ0v) is 17.7. The maximum atomic E-state index is 6.05. The third kappa shape index (κ3) is 3.64. The highest BCUT2D eigenvalue weighted by atomic mass is 16.5. The minimum absolute atomic E-state index is 0.596. The molecule has 6 nitrogen and oxygen atoms in total. The maximum Gasteiger partial charge on any atom is 0.247 e. The van der Waals surface area contributed by atoms with Crippen LogP contribution in [0.25, 0.3) is 5.70 Å². The van der Waals surface area contributed by atoms with E-state index in [1.165, 1.54) is 38.5 Å². The van der Waals surface area contributed by atoms with Crippen molar-refractivity contribution in [3.63, 3.8) is 0 Å². The fourth-order valence-electron chi connectivity index (χ4n) is 5.39. The first-order valence-electron chi connectivity index (χ1n) is 11.5. The molecule has 1 unspecified atom stereocenters. The summed E-state index contributed by atoms with van der Waals surface area (Å²) in [5.74, 6) is 4.25. The number of nitrogens with zero attached hydrogens (tertiary/aromatic N) is 3. The van der Waals surface area contributed by atoms with Crippen LogP contribution in [0, 0.1) is 11.3 Å². The fraction of sp³-hybridized carbons (Fsp3) is 0.440. The molecule has 0 spiro atoms. The van der Waals surface area contributed by atoms with Gasteiger partial charge in [-0.15, -0.1) is 5.10 Å². The lowest BCUT2D eigenvalue weighted by Gasteiger charge is -2.21. The first-order chi connectivity index (χ1) is 15.3. The highest BCUT2D eigenvalue weighted by Gasteiger charge is 2.53. The molecule has 2 aromatic heterocycles. The zero-order chi connectivity index (χ0) is 20.7. The average Bonchev–Trinajstić information content (AvgIpc) is 3.11. The zero-order valence-electron chi connectivity index (χ0n) is 17.7. The van der Waals surface area contributed by atoms with Gasteiger partial charge in [0.25, 0.3) is 0 Å². The van der Waals surface area contributed by atoms with E-state index in [9.17, 15) is 0 Å². The van der Waals surface area contributed by atoms with Crippen LogP contribution in [0.3, 0.4) is 0 Å². The van der Waals surface area contributed by atoms with E-state index in [4.69, 9.17) is 9.15 Å². The first kappa shape index (κ1) is 18.7. The molecule has 160 valence electrons. The smallest absolute Gasteiger partial charge is 0.247 e. The van der Waals surface area contributed by atoms with Gasteiger partial charge in [-0.25, -0.2) is 4.68 Å². The largest absolute Gasteiger partial charge is 0.494 e. The van der Waals surface area contributed by atoms with Gasteiger partial charge >= 0.3 is 0 Å². The predicted molar refractivity (Wildman–Crippen MR) is 119 cm³/mol. The molecule has 0 radical (unpaired) electrons. The van der Waals surface area contributed by atoms with Gasteiger partial charge in [0, 0.05) is 12.1 Å². The Morgan fingerprint density at radius 3 is 2.97 bits per heavy atom. The summed E-state index contributed by atoms with van der Waals surface area (Å²) in [6.45, 7) is 0.820. The molecule has 2 saturated carbocycles. The van der Waals surface area contributed by atoms with Crippen LogP contribution in [0.15, 0.2) is 53.2 Å². The molecule has 0 bridgehead atoms. The molecule has 6 heteroatoms. The van der Waals surface area contributed by atoms with Crippen LogP contribution in [0.5, 0.6) is 5.75 Å². The van der Waals surface area contributed by atoms with Crippen LogP contribution in [0.4, 0.5) is 11.6 Å². The number of aromatic nitrogens is 3. The third-order valence-electron chi connectivity index (χ3n) is 7.20. The minimum atomic E-state index is 0.596. The molecule has 3 heterocycles. The topological polar surface area (TPSA) is 65.1 Å². The number of benzene rings is 1. The van der Waals surface area contributed by atoms with Crippen molar-refractivity contribution in [3.05, 3.63) is 60.3 Å². The van der Waals surface area contributed by atoms with Crippen molar-refractivity contribution in [1.82, 2.24) is 14.8 Å². The first-order valence-corrected chi connectivity index (χ1v) is 11.5. The number of allylic oxidation sites excluding steroid dienone is 1. The Bertz CT molecular complexity index is 1080. The van der Waals surface area contributed by atoms with Gasteiger partial charge < -0.3 is 14.5 Å². The molecule has 3 aliphatic rings. The molecule has 31 heavy (non-hydrogen) atoms. The maximum absolute atomic E-state index is 6.05. The third-order valence-corrected chi connectivity index (χ3v) is 7.20. The number of fused-ring (bicyclic) bond motifs is 2. The lowest BCUT2D eigenvalue weighted by atomic mass is 9.86. The molecule has 1 aliphatic heterocycles. The Morgan fingerprint density at radius 2 is 2.13 bits per heavy atom. The summed E-state index contributed by atoms with van der Waals surface area (Å²) in [6, 6.07) is 11.9. The Balaban J connectivity index is 1.07. The van der Waals surface area contributed by atoms with Gasteiger partial charge in [0.05, 0.1) is 12.9 Å². The molecular weight excluding hydrogens is 388 g/mol. The van der Waals surface area contributed by atoms with E-state index >= 15 is 0 Å². The van der Waals surface area contributed by atoms with Gasteiger partial charge in [0.2, 0.25) is 5.95 Å². The van der Waals surface area contributed by atoms with E-state index in [0.717, 1.165) is 54.1 Å². The second-order valence-corrected chi connectivity index (χ2v) is 9.13. The number of nitrogens with one attached hydrogen (secondary N) is 1. The lowest BCUT2D eigenvalue weighted by Crippen LogP contribution is -2.13. The molecule has 6 rings (SSSR count). The minimum Gasteiger partial charge on any atom is -0.494 e. The van der Waals surface area contributed by atoms with Crippen LogP contribution in [0.2, 0.25) is 0 Å². The highest BCUT2D eigenvalue weighted by molar-refractivity contribution is 5.63. The van der Waals surface area contributed by atoms with Crippen LogP contribution in [-0.4, -0.2) is 21.4 Å². The van der Waals surface area contributed by atoms with Gasteiger partial charge in [-0.2, -0.15) is 4.98 Å². The van der Waals surface area contributed by atoms with E-state index < -0.39 is 0 Å². The van der Waals surface area contributed by atoms with Gasteiger partial charge in [0.15, 0.2) is 5.76 Å². The number of aryl methyl sites for hydroxylation is 1. The quantitative estimate of drug-likeness (QED) is 0.527. The standard InChI is InChI=1S/C25H28N4O2/c1-2-13-25(17-18(25)5-1)14-16-30-20-11-9-19(10-12-20)26-24-27-23-8-3-6-21(29(23)28-24)22-7-4-15-31-22/h4,6-7,9-12,15,18H,1-3,5,8,13-14,16-17H2,(H,26,28)/t18?,25-/m0/s1. The van der Waals surface area contributed by atoms with Gasteiger partial charge in [-0.1, -0.05) is 18.9 Å². The van der Waals surface area contributed by atoms with E-state index in [1.54, 1.807) is 6.26 Å². The summed E-state index contributed by atoms with van der Waals surface area (Å²) in [5, 5.41) is 7.97. The van der Waals surface area contributed by atoms with Crippen LogP contribution in [0.1, 0.15) is 56.5 Å². The van der Waals surface area contributed by atoms with Crippen molar-refractivity contribution in [3.8, 4) is 5.75 Å². The summed E-state index contributed by atoms with van der Waals surface area (Å²) < 4.78 is 13.5. The molecular formula is C25H28N4O2. The molecule has 2 fully saturated rings. The van der Waals surface area contributed by atoms with E-state index in [1.807, 2.05) is 41.1 Å². The monoisotopic (exact) mass is 416 g/mol. The number of anilines is 2. The van der Waals surface area contributed by atoms with Crippen molar-refractivity contribution in [2.75, 3.05) is 11.9 Å². The summed E-state index contributed by atoms with van der Waals surface area (Å²) >= 11 is 0. The summed E-state index contributed by atoms with van der Waals surface area (Å²) in [4.78, 5) is 4.67. The van der Waals surface area contributed by atoms with Crippen molar-refractivity contribution in [2.24, 2.45) is 11.3 Å². The number of rotatable bonds is 7. The van der Waals surface area contributed by atoms with Crippen LogP contribution in [-0.2, 0) is 6.42 Å². The van der Waals surface area contributed by atoms with Gasteiger partial charge in [-0.05, 0) is 79.8 Å². The number of hydrogen-bond donors (Lipinski definition) is 1. The Hall–Kier alpha value is -3.02. The van der Waals surface area contributed by atoms with E-state index in [0.29, 0.717) is 11.4 Å². The van der Waals surface area contributed by atoms with E-state index in [-0.39, 0.29) is 0 Å². The molecule has 2 atom stereocenters. The predicted octanol–water partition coefficient (Wildman–Crippen LogP) is 5.80. The molecule has 3 aromatic rings. The number of ether oxygens (including phenoxy) is 1. The second kappa shape index (κ2) is 7.59. The normalized spacial score (nSPS) is 24.1. The van der Waals surface area contributed by atoms with Gasteiger partial charge in [0.1, 0.15) is 17.3 Å². The number of furan rings is 1. The Morgan fingerprint density at radius 1 is 1.19 bits per heavy atom. The molecule has 2 aliphatic carbocycles. The molecule has 1 aromatic carbocycles. The SMILES string of the molecule is C1=C(c2ccco2)n2nc(Nc3ccc(OCC[C@]45CCCCC4C5)cc3)nc2CC1. The van der Waals surface area contributed by atoms with Crippen molar-refractivity contribution < 1.29 is 9.15 Å². The lowest BCUT2D eigenvalue weighted by molar-refractivity contribution is 0.231. The van der Waals surface area contributed by atoms with Crippen LogP contribution >= 0.6 is 0 Å². The summed E-state index contributed by atoms with van der Waals surface area (Å²) in [7, 11) is 0. The fourth-order valence-corrected chi connectivity index (χ4v) is 5.39. The Kier molecular flexibility index (Phi) is 4.59. The molecule has 0 amide bonds. The van der Waals surface area contributed by atoms with E-state index in [2.05, 4.69) is 21.5 Å².